The third-order valence-corrected chi connectivity index (χ3v) is 3.65. The van der Waals surface area contributed by atoms with Crippen LogP contribution in [-0.2, 0) is 11.2 Å². The van der Waals surface area contributed by atoms with Crippen LogP contribution >= 0.6 is 15.9 Å². The molecule has 1 aliphatic rings. The van der Waals surface area contributed by atoms with Crippen LogP contribution in [0, 0.1) is 11.7 Å². The normalized spacial score (nSPS) is 18.7. The Bertz CT molecular complexity index is 387. The minimum absolute atomic E-state index is 0.114. The zero-order valence-electron chi connectivity index (χ0n) is 10.4. The molecule has 1 saturated carbocycles. The highest BCUT2D eigenvalue weighted by Crippen LogP contribution is 2.36. The van der Waals surface area contributed by atoms with Crippen molar-refractivity contribution in [3.63, 3.8) is 0 Å². The molecule has 100 valence electrons. The quantitative estimate of drug-likeness (QED) is 0.872. The van der Waals surface area contributed by atoms with E-state index in [2.05, 4.69) is 15.9 Å². The van der Waals surface area contributed by atoms with E-state index in [4.69, 9.17) is 4.74 Å². The molecule has 0 aromatic heterocycles. The van der Waals surface area contributed by atoms with Gasteiger partial charge in [-0.2, -0.15) is 0 Å². The Hall–Kier alpha value is -0.450. The first kappa shape index (κ1) is 14.0. The fourth-order valence-electron chi connectivity index (χ4n) is 2.26. The Morgan fingerprint density at radius 3 is 2.72 bits per heavy atom. The first-order valence-electron chi connectivity index (χ1n) is 6.34. The fraction of sp³-hybridized carbons (Fsp3) is 0.571. The lowest BCUT2D eigenvalue weighted by molar-refractivity contribution is -0.0439. The van der Waals surface area contributed by atoms with E-state index in [9.17, 15) is 9.50 Å². The van der Waals surface area contributed by atoms with Gasteiger partial charge in [0.25, 0.3) is 0 Å². The fourth-order valence-corrected chi connectivity index (χ4v) is 2.78. The Kier molecular flexibility index (Phi) is 4.76. The molecule has 0 bridgehead atoms. The van der Waals surface area contributed by atoms with E-state index >= 15 is 0 Å². The summed E-state index contributed by atoms with van der Waals surface area (Å²) < 4.78 is 19.6. The standard InChI is InChI=1S/C14H18BrFO2/c1-2-18-14(10-3-4-10)13(17)7-9-5-11(15)8-12(16)6-9/h5-6,8,10,13-14,17H,2-4,7H2,1H3. The second kappa shape index (κ2) is 6.13. The molecule has 1 aromatic rings. The highest BCUT2D eigenvalue weighted by Gasteiger charge is 2.36. The summed E-state index contributed by atoms with van der Waals surface area (Å²) >= 11 is 3.26. The van der Waals surface area contributed by atoms with Gasteiger partial charge in [0, 0.05) is 17.5 Å². The molecule has 18 heavy (non-hydrogen) atoms. The van der Waals surface area contributed by atoms with E-state index < -0.39 is 6.10 Å². The third-order valence-electron chi connectivity index (χ3n) is 3.19. The van der Waals surface area contributed by atoms with Gasteiger partial charge in [-0.1, -0.05) is 15.9 Å². The van der Waals surface area contributed by atoms with E-state index in [-0.39, 0.29) is 11.9 Å². The van der Waals surface area contributed by atoms with Crippen molar-refractivity contribution in [2.24, 2.45) is 5.92 Å². The number of aliphatic hydroxyl groups excluding tert-OH is 1. The molecule has 1 fully saturated rings. The van der Waals surface area contributed by atoms with Crippen LogP contribution in [0.1, 0.15) is 25.3 Å². The van der Waals surface area contributed by atoms with Gasteiger partial charge in [-0.15, -0.1) is 0 Å². The van der Waals surface area contributed by atoms with Crippen LogP contribution in [0.15, 0.2) is 22.7 Å². The summed E-state index contributed by atoms with van der Waals surface area (Å²) in [5, 5.41) is 10.2. The molecule has 0 heterocycles. The molecule has 2 rings (SSSR count). The SMILES string of the molecule is CCOC(C(O)Cc1cc(F)cc(Br)c1)C1CC1. The largest absolute Gasteiger partial charge is 0.390 e. The zero-order chi connectivity index (χ0) is 13.1. The van der Waals surface area contributed by atoms with E-state index in [1.165, 1.54) is 12.1 Å². The Morgan fingerprint density at radius 2 is 2.17 bits per heavy atom. The smallest absolute Gasteiger partial charge is 0.124 e. The topological polar surface area (TPSA) is 29.5 Å². The molecule has 2 atom stereocenters. The summed E-state index contributed by atoms with van der Waals surface area (Å²) in [6.07, 6.45) is 1.99. The van der Waals surface area contributed by atoms with Crippen molar-refractivity contribution in [2.75, 3.05) is 6.61 Å². The van der Waals surface area contributed by atoms with Gasteiger partial charge in [0.15, 0.2) is 0 Å². The molecular weight excluding hydrogens is 299 g/mol. The average molecular weight is 317 g/mol. The van der Waals surface area contributed by atoms with Crippen molar-refractivity contribution in [3.05, 3.63) is 34.1 Å². The van der Waals surface area contributed by atoms with E-state index in [0.717, 1.165) is 18.4 Å². The van der Waals surface area contributed by atoms with Crippen molar-refractivity contribution < 1.29 is 14.2 Å². The predicted molar refractivity (Wildman–Crippen MR) is 71.9 cm³/mol. The van der Waals surface area contributed by atoms with E-state index in [1.807, 2.05) is 13.0 Å². The maximum Gasteiger partial charge on any atom is 0.124 e. The number of hydrogen-bond acceptors (Lipinski definition) is 2. The summed E-state index contributed by atoms with van der Waals surface area (Å²) in [5.41, 5.74) is 0.791. The molecule has 1 aromatic carbocycles. The highest BCUT2D eigenvalue weighted by molar-refractivity contribution is 9.10. The first-order valence-corrected chi connectivity index (χ1v) is 7.14. The molecule has 0 saturated heterocycles. The maximum atomic E-state index is 13.3. The third kappa shape index (κ3) is 3.77. The lowest BCUT2D eigenvalue weighted by Crippen LogP contribution is -2.32. The van der Waals surface area contributed by atoms with Crippen LogP contribution in [0.25, 0.3) is 0 Å². The molecule has 2 nitrogen and oxygen atoms in total. The van der Waals surface area contributed by atoms with Crippen LogP contribution < -0.4 is 0 Å². The minimum atomic E-state index is -0.564. The number of benzene rings is 1. The van der Waals surface area contributed by atoms with E-state index in [1.54, 1.807) is 0 Å². The average Bonchev–Trinajstić information content (AvgIpc) is 3.07. The molecule has 0 spiro atoms. The number of halogens is 2. The maximum absolute atomic E-state index is 13.3. The van der Waals surface area contributed by atoms with Gasteiger partial charge in [-0.25, -0.2) is 4.39 Å². The monoisotopic (exact) mass is 316 g/mol. The number of aliphatic hydroxyl groups is 1. The summed E-state index contributed by atoms with van der Waals surface area (Å²) in [4.78, 5) is 0. The van der Waals surface area contributed by atoms with Crippen molar-refractivity contribution in [2.45, 2.75) is 38.4 Å². The molecule has 2 unspecified atom stereocenters. The van der Waals surface area contributed by atoms with Gasteiger partial charge in [-0.3, -0.25) is 0 Å². The van der Waals surface area contributed by atoms with Crippen LogP contribution in [0.5, 0.6) is 0 Å². The van der Waals surface area contributed by atoms with Gasteiger partial charge >= 0.3 is 0 Å². The Labute approximate surface area is 115 Å². The second-order valence-corrected chi connectivity index (χ2v) is 5.72. The zero-order valence-corrected chi connectivity index (χ0v) is 12.0. The molecular formula is C14H18BrFO2. The van der Waals surface area contributed by atoms with Gasteiger partial charge in [0.05, 0.1) is 12.2 Å². The molecule has 1 N–H and O–H groups in total. The van der Waals surface area contributed by atoms with E-state index in [0.29, 0.717) is 23.4 Å². The van der Waals surface area contributed by atoms with Crippen molar-refractivity contribution in [1.82, 2.24) is 0 Å². The molecule has 1 aliphatic carbocycles. The number of ether oxygens (including phenoxy) is 1. The summed E-state index contributed by atoms with van der Waals surface area (Å²) in [5.74, 6) is 0.183. The van der Waals surface area contributed by atoms with Crippen LogP contribution in [0.4, 0.5) is 4.39 Å². The van der Waals surface area contributed by atoms with Gasteiger partial charge < -0.3 is 9.84 Å². The summed E-state index contributed by atoms with van der Waals surface area (Å²) in [6.45, 7) is 2.53. The molecule has 0 amide bonds. The van der Waals surface area contributed by atoms with Crippen LogP contribution in [-0.4, -0.2) is 23.9 Å². The minimum Gasteiger partial charge on any atom is -0.390 e. The Balaban J connectivity index is 2.02. The van der Waals surface area contributed by atoms with Crippen LogP contribution in [0.2, 0.25) is 0 Å². The second-order valence-electron chi connectivity index (χ2n) is 4.81. The summed E-state index contributed by atoms with van der Waals surface area (Å²) in [6, 6.07) is 4.71. The Morgan fingerprint density at radius 1 is 1.44 bits per heavy atom. The summed E-state index contributed by atoms with van der Waals surface area (Å²) in [7, 11) is 0. The molecule has 0 aliphatic heterocycles. The van der Waals surface area contributed by atoms with Crippen molar-refractivity contribution >= 4 is 15.9 Å². The predicted octanol–water partition coefficient (Wildman–Crippen LogP) is 3.31. The van der Waals surface area contributed by atoms with Gasteiger partial charge in [-0.05, 0) is 49.4 Å². The van der Waals surface area contributed by atoms with Gasteiger partial charge in [0.1, 0.15) is 5.82 Å². The van der Waals surface area contributed by atoms with Crippen molar-refractivity contribution in [3.8, 4) is 0 Å². The molecule has 4 heteroatoms. The number of rotatable bonds is 6. The van der Waals surface area contributed by atoms with Gasteiger partial charge in [0.2, 0.25) is 0 Å². The molecule has 0 radical (unpaired) electrons. The lowest BCUT2D eigenvalue weighted by atomic mass is 10.0. The van der Waals surface area contributed by atoms with Crippen molar-refractivity contribution in [1.29, 1.82) is 0 Å². The highest BCUT2D eigenvalue weighted by atomic mass is 79.9. The first-order chi connectivity index (χ1) is 8.60. The van der Waals surface area contributed by atoms with Crippen LogP contribution in [0.3, 0.4) is 0 Å². The lowest BCUT2D eigenvalue weighted by Gasteiger charge is -2.22. The number of hydrogen-bond donors (Lipinski definition) is 1.